The zero-order chi connectivity index (χ0) is 23.9. The maximum absolute atomic E-state index is 17.1. The van der Waals surface area contributed by atoms with Gasteiger partial charge in [0.15, 0.2) is 11.5 Å². The Hall–Kier alpha value is -1.61. The average molecular weight is 473 g/mol. The van der Waals surface area contributed by atoms with E-state index in [0.29, 0.717) is 0 Å². The smallest absolute Gasteiger partial charge is 0.318 e. The van der Waals surface area contributed by atoms with E-state index in [4.69, 9.17) is 0 Å². The number of carboxylic acids is 1. The number of fused-ring (bicyclic) bond motifs is 5. The molecule has 9 atom stereocenters. The van der Waals surface area contributed by atoms with E-state index in [1.807, 2.05) is 0 Å². The van der Waals surface area contributed by atoms with Crippen LogP contribution in [0.3, 0.4) is 0 Å². The maximum atomic E-state index is 17.1. The van der Waals surface area contributed by atoms with Gasteiger partial charge < -0.3 is 10.2 Å². The monoisotopic (exact) mass is 472 g/mol. The molecule has 4 aliphatic carbocycles. The molecule has 2 N–H and O–H groups in total. The predicted octanol–water partition coefficient (Wildman–Crippen LogP) is 3.81. The molecule has 5 nitrogen and oxygen atoms in total. The Morgan fingerprint density at radius 2 is 1.91 bits per heavy atom. The van der Waals surface area contributed by atoms with Crippen LogP contribution < -0.4 is 0 Å². The number of hydrogen-bond donors (Lipinski definition) is 2. The van der Waals surface area contributed by atoms with Crippen LogP contribution in [0.1, 0.15) is 40.0 Å². The second kappa shape index (κ2) is 7.19. The van der Waals surface area contributed by atoms with Crippen LogP contribution in [0, 0.1) is 34.0 Å². The van der Waals surface area contributed by atoms with Gasteiger partial charge in [-0.25, -0.2) is 13.2 Å². The Kier molecular flexibility index (Phi) is 5.29. The third-order valence-electron chi connectivity index (χ3n) is 9.11. The summed E-state index contributed by atoms with van der Waals surface area (Å²) in [5.41, 5.74) is -7.39. The zero-order valence-electron chi connectivity index (χ0n) is 18.1. The van der Waals surface area contributed by atoms with Crippen LogP contribution in [0.25, 0.3) is 0 Å². The number of aliphatic carboxylic acids is 1. The highest BCUT2D eigenvalue weighted by atomic mass is 32.2. The molecule has 0 aliphatic heterocycles. The molecule has 0 bridgehead atoms. The molecule has 0 aromatic heterocycles. The fourth-order valence-electron chi connectivity index (χ4n) is 7.70. The van der Waals surface area contributed by atoms with Gasteiger partial charge in [-0.2, -0.15) is 0 Å². The summed E-state index contributed by atoms with van der Waals surface area (Å²) >= 11 is 0.268. The van der Waals surface area contributed by atoms with Gasteiger partial charge in [-0.3, -0.25) is 14.4 Å². The van der Waals surface area contributed by atoms with Crippen LogP contribution >= 0.6 is 11.8 Å². The van der Waals surface area contributed by atoms with E-state index in [1.54, 1.807) is 6.92 Å². The number of hydrogen-bond acceptors (Lipinski definition) is 5. The molecule has 0 radical (unpaired) electrons. The molecular weight excluding hydrogens is 445 g/mol. The molecule has 0 spiro atoms. The molecule has 4 rings (SSSR count). The largest absolute Gasteiger partial charge is 0.480 e. The van der Waals surface area contributed by atoms with Crippen molar-refractivity contribution in [3.8, 4) is 0 Å². The number of rotatable bonds is 3. The number of allylic oxidation sites excluding steroid dienone is 4. The first-order valence-electron chi connectivity index (χ1n) is 10.7. The first-order valence-corrected chi connectivity index (χ1v) is 11.7. The highest BCUT2D eigenvalue weighted by molar-refractivity contribution is 8.13. The molecule has 176 valence electrons. The molecule has 3 fully saturated rings. The third kappa shape index (κ3) is 2.50. The standard InChI is InChI=1S/C23H27F3O5S/c1-11-6-13-14-8-16(25)15-7-12(27)4-5-20(15,2)23(14,26)17(28)9-21(13,3)22(11,18(29)30)19(31)32-10-24/h4-5,7,11,13-14,16-17,28H,6,8-10H2,1-3H3,(H,29,30)/t11-,13+,14+,16+,17+,20+,21+,22+,23+/m1/s1. The average Bonchev–Trinajstić information content (AvgIpc) is 2.93. The maximum Gasteiger partial charge on any atom is 0.318 e. The summed E-state index contributed by atoms with van der Waals surface area (Å²) in [6.45, 7) is 4.57. The summed E-state index contributed by atoms with van der Waals surface area (Å²) in [7, 11) is 0. The van der Waals surface area contributed by atoms with Crippen LogP contribution in [-0.2, 0) is 14.4 Å². The van der Waals surface area contributed by atoms with E-state index in [0.717, 1.165) is 6.08 Å². The fourth-order valence-corrected chi connectivity index (χ4v) is 8.55. The van der Waals surface area contributed by atoms with E-state index in [1.165, 1.54) is 26.0 Å². The van der Waals surface area contributed by atoms with E-state index >= 15 is 8.78 Å². The number of ketones is 1. The summed E-state index contributed by atoms with van der Waals surface area (Å²) in [4.78, 5) is 37.5. The van der Waals surface area contributed by atoms with Crippen molar-refractivity contribution in [2.45, 2.75) is 58.0 Å². The van der Waals surface area contributed by atoms with Crippen molar-refractivity contribution in [2.24, 2.45) is 34.0 Å². The highest BCUT2D eigenvalue weighted by Gasteiger charge is 2.78. The number of aliphatic hydroxyl groups is 1. The van der Waals surface area contributed by atoms with Crippen molar-refractivity contribution in [1.82, 2.24) is 0 Å². The number of aliphatic hydroxyl groups excluding tert-OH is 1. The van der Waals surface area contributed by atoms with Gasteiger partial charge in [0.05, 0.1) is 6.10 Å². The molecule has 9 heteroatoms. The number of halogens is 3. The Morgan fingerprint density at radius 3 is 2.50 bits per heavy atom. The van der Waals surface area contributed by atoms with Crippen molar-refractivity contribution >= 4 is 28.6 Å². The zero-order valence-corrected chi connectivity index (χ0v) is 18.9. The molecule has 0 unspecified atom stereocenters. The number of carbonyl (C=O) groups is 3. The van der Waals surface area contributed by atoms with Gasteiger partial charge in [0, 0.05) is 11.3 Å². The predicted molar refractivity (Wildman–Crippen MR) is 112 cm³/mol. The summed E-state index contributed by atoms with van der Waals surface area (Å²) < 4.78 is 45.5. The molecule has 0 aromatic rings. The topological polar surface area (TPSA) is 91.7 Å². The first-order chi connectivity index (χ1) is 14.8. The van der Waals surface area contributed by atoms with Crippen LogP contribution in [-0.4, -0.2) is 51.0 Å². The minimum absolute atomic E-state index is 0.0222. The van der Waals surface area contributed by atoms with Gasteiger partial charge in [0.25, 0.3) is 0 Å². The molecule has 0 saturated heterocycles. The van der Waals surface area contributed by atoms with Crippen molar-refractivity contribution in [3.63, 3.8) is 0 Å². The SMILES string of the molecule is C[C@@H]1C[C@H]2[C@@H]3C[C@H](F)C4=CC(=O)C=C[C@]4(C)[C@@]3(F)[C@@H](O)C[C@]2(C)[C@@]1(C(=O)O)C(=O)SCF. The lowest BCUT2D eigenvalue weighted by Crippen LogP contribution is -2.70. The van der Waals surface area contributed by atoms with E-state index in [-0.39, 0.29) is 36.6 Å². The molecule has 4 aliphatic rings. The molecule has 0 aromatic carbocycles. The van der Waals surface area contributed by atoms with Crippen molar-refractivity contribution < 1.29 is 37.8 Å². The number of carboxylic acid groups (broad SMARTS) is 1. The molecule has 3 saturated carbocycles. The minimum Gasteiger partial charge on any atom is -0.480 e. The van der Waals surface area contributed by atoms with Crippen LogP contribution in [0.4, 0.5) is 13.2 Å². The Labute approximate surface area is 188 Å². The van der Waals surface area contributed by atoms with Crippen LogP contribution in [0.5, 0.6) is 0 Å². The highest BCUT2D eigenvalue weighted by Crippen LogP contribution is 2.73. The van der Waals surface area contributed by atoms with Crippen LogP contribution in [0.15, 0.2) is 23.8 Å². The minimum atomic E-state index is -2.35. The lowest BCUT2D eigenvalue weighted by Gasteiger charge is -2.63. The van der Waals surface area contributed by atoms with Gasteiger partial charge in [-0.1, -0.05) is 31.7 Å². The first kappa shape index (κ1) is 23.5. The molecule has 0 heterocycles. The number of alkyl halides is 3. The summed E-state index contributed by atoms with van der Waals surface area (Å²) in [5, 5.41) is 20.6. The Bertz CT molecular complexity index is 952. The quantitative estimate of drug-likeness (QED) is 0.607. The molecule has 0 amide bonds. The lowest BCUT2D eigenvalue weighted by atomic mass is 9.43. The normalized spacial score (nSPS) is 49.7. The molecular formula is C23H27F3O5S. The van der Waals surface area contributed by atoms with Crippen LogP contribution in [0.2, 0.25) is 0 Å². The summed E-state index contributed by atoms with van der Waals surface area (Å²) in [5.74, 6) is -4.46. The van der Waals surface area contributed by atoms with E-state index < -0.39 is 74.8 Å². The van der Waals surface area contributed by atoms with Gasteiger partial charge in [0.2, 0.25) is 5.12 Å². The Balaban J connectivity index is 1.89. The van der Waals surface area contributed by atoms with E-state index in [9.17, 15) is 29.0 Å². The third-order valence-corrected chi connectivity index (χ3v) is 9.80. The van der Waals surface area contributed by atoms with E-state index in [2.05, 4.69) is 0 Å². The summed E-state index contributed by atoms with van der Waals surface area (Å²) in [6.07, 6.45) is -0.339. The fraction of sp³-hybridized carbons (Fsp3) is 0.696. The van der Waals surface area contributed by atoms with Gasteiger partial charge in [-0.15, -0.1) is 0 Å². The van der Waals surface area contributed by atoms with Crippen molar-refractivity contribution in [2.75, 3.05) is 6.01 Å². The Morgan fingerprint density at radius 1 is 1.25 bits per heavy atom. The second-order valence-corrected chi connectivity index (χ2v) is 11.0. The van der Waals surface area contributed by atoms with Gasteiger partial charge in [-0.05, 0) is 61.2 Å². The van der Waals surface area contributed by atoms with Crippen molar-refractivity contribution in [3.05, 3.63) is 23.8 Å². The van der Waals surface area contributed by atoms with Gasteiger partial charge in [0.1, 0.15) is 17.6 Å². The molecule has 32 heavy (non-hydrogen) atoms. The second-order valence-electron chi connectivity index (χ2n) is 10.2. The number of carbonyl (C=O) groups excluding carboxylic acids is 2. The van der Waals surface area contributed by atoms with Crippen molar-refractivity contribution in [1.29, 1.82) is 0 Å². The summed E-state index contributed by atoms with van der Waals surface area (Å²) in [6, 6.07) is -1.10. The van der Waals surface area contributed by atoms with Gasteiger partial charge >= 0.3 is 5.97 Å². The number of thioether (sulfide) groups is 1. The lowest BCUT2D eigenvalue weighted by molar-refractivity contribution is -0.214.